The zero-order valence-electron chi connectivity index (χ0n) is 9.28. The Balaban J connectivity index is 2.47. The Morgan fingerprint density at radius 2 is 2.40 bits per heavy atom. The smallest absolute Gasteiger partial charge is 0.235 e. The summed E-state index contributed by atoms with van der Waals surface area (Å²) in [4.78, 5) is 13.3. The predicted octanol–water partition coefficient (Wildman–Crippen LogP) is -0.398. The summed E-state index contributed by atoms with van der Waals surface area (Å²) in [6, 6.07) is 0.352. The molecule has 5 nitrogen and oxygen atoms in total. The van der Waals surface area contributed by atoms with Crippen molar-refractivity contribution in [2.45, 2.75) is 44.7 Å². The van der Waals surface area contributed by atoms with Crippen molar-refractivity contribution < 1.29 is 9.90 Å². The Bertz CT molecular complexity index is 211. The standard InChI is InChI=1S/C10H21N3O2/c1-8(6-10(15)12-11)13-5-3-2-4-9(13)7-14/h8-9,14H,2-7,11H2,1H3,(H,12,15). The van der Waals surface area contributed by atoms with Gasteiger partial charge in [0.15, 0.2) is 0 Å². The molecule has 1 rings (SSSR count). The third-order valence-corrected chi connectivity index (χ3v) is 3.09. The minimum absolute atomic E-state index is 0.144. The van der Waals surface area contributed by atoms with Crippen molar-refractivity contribution in [3.05, 3.63) is 0 Å². The molecule has 0 saturated carbocycles. The van der Waals surface area contributed by atoms with Crippen molar-refractivity contribution >= 4 is 5.91 Å². The van der Waals surface area contributed by atoms with Crippen LogP contribution in [0.5, 0.6) is 0 Å². The van der Waals surface area contributed by atoms with Crippen LogP contribution in [0.25, 0.3) is 0 Å². The largest absolute Gasteiger partial charge is 0.395 e. The number of nitrogens with two attached hydrogens (primary N) is 1. The van der Waals surface area contributed by atoms with E-state index >= 15 is 0 Å². The number of nitrogens with one attached hydrogen (secondary N) is 1. The summed E-state index contributed by atoms with van der Waals surface area (Å²) in [7, 11) is 0. The fraction of sp³-hybridized carbons (Fsp3) is 0.900. The summed E-state index contributed by atoms with van der Waals surface area (Å²) in [5.74, 6) is 4.90. The molecule has 0 spiro atoms. The molecule has 0 aromatic carbocycles. The van der Waals surface area contributed by atoms with Crippen LogP contribution in [0.3, 0.4) is 0 Å². The quantitative estimate of drug-likeness (QED) is 0.339. The molecule has 2 atom stereocenters. The van der Waals surface area contributed by atoms with Crippen LogP contribution in [0.2, 0.25) is 0 Å². The molecule has 0 aliphatic carbocycles. The maximum Gasteiger partial charge on any atom is 0.235 e. The van der Waals surface area contributed by atoms with E-state index in [2.05, 4.69) is 10.3 Å². The van der Waals surface area contributed by atoms with Crippen LogP contribution in [0.1, 0.15) is 32.6 Å². The normalized spacial score (nSPS) is 24.9. The molecular weight excluding hydrogens is 194 g/mol. The molecule has 1 heterocycles. The molecule has 1 fully saturated rings. The molecule has 0 bridgehead atoms. The SMILES string of the molecule is CC(CC(=O)NN)N1CCCCC1CO. The molecule has 2 unspecified atom stereocenters. The summed E-state index contributed by atoms with van der Waals surface area (Å²) in [5, 5.41) is 9.23. The zero-order chi connectivity index (χ0) is 11.3. The lowest BCUT2D eigenvalue weighted by atomic mass is 9.99. The highest BCUT2D eigenvalue weighted by Gasteiger charge is 2.26. The van der Waals surface area contributed by atoms with Gasteiger partial charge in [-0.3, -0.25) is 15.1 Å². The number of amides is 1. The molecule has 88 valence electrons. The lowest BCUT2D eigenvalue weighted by molar-refractivity contribution is -0.122. The molecule has 15 heavy (non-hydrogen) atoms. The van der Waals surface area contributed by atoms with Gasteiger partial charge in [0.05, 0.1) is 6.61 Å². The number of hydrogen-bond donors (Lipinski definition) is 3. The van der Waals surface area contributed by atoms with E-state index in [-0.39, 0.29) is 24.6 Å². The van der Waals surface area contributed by atoms with Gasteiger partial charge < -0.3 is 5.11 Å². The number of likely N-dealkylation sites (tertiary alicyclic amines) is 1. The molecule has 4 N–H and O–H groups in total. The second-order valence-electron chi connectivity index (χ2n) is 4.19. The first-order chi connectivity index (χ1) is 7.19. The summed E-state index contributed by atoms with van der Waals surface area (Å²) >= 11 is 0. The van der Waals surface area contributed by atoms with E-state index in [0.717, 1.165) is 25.8 Å². The van der Waals surface area contributed by atoms with Crippen molar-refractivity contribution in [1.82, 2.24) is 10.3 Å². The second kappa shape index (κ2) is 6.05. The van der Waals surface area contributed by atoms with Gasteiger partial charge in [-0.05, 0) is 26.3 Å². The van der Waals surface area contributed by atoms with E-state index in [9.17, 15) is 9.90 Å². The first kappa shape index (κ1) is 12.4. The second-order valence-corrected chi connectivity index (χ2v) is 4.19. The van der Waals surface area contributed by atoms with Gasteiger partial charge >= 0.3 is 0 Å². The third kappa shape index (κ3) is 3.44. The van der Waals surface area contributed by atoms with Crippen molar-refractivity contribution in [3.63, 3.8) is 0 Å². The van der Waals surface area contributed by atoms with Crippen LogP contribution in [0.15, 0.2) is 0 Å². The maximum atomic E-state index is 11.1. The molecule has 0 aromatic heterocycles. The number of piperidine rings is 1. The van der Waals surface area contributed by atoms with E-state index in [1.54, 1.807) is 0 Å². The van der Waals surface area contributed by atoms with E-state index in [4.69, 9.17) is 5.84 Å². The first-order valence-corrected chi connectivity index (χ1v) is 5.55. The maximum absolute atomic E-state index is 11.1. The summed E-state index contributed by atoms with van der Waals surface area (Å²) in [6.07, 6.45) is 3.72. The highest BCUT2D eigenvalue weighted by molar-refractivity contribution is 5.75. The van der Waals surface area contributed by atoms with Gasteiger partial charge in [0.25, 0.3) is 0 Å². The van der Waals surface area contributed by atoms with Crippen LogP contribution in [0, 0.1) is 0 Å². The highest BCUT2D eigenvalue weighted by atomic mass is 16.3. The van der Waals surface area contributed by atoms with Crippen molar-refractivity contribution in [1.29, 1.82) is 0 Å². The number of rotatable bonds is 4. The molecule has 5 heteroatoms. The molecule has 0 radical (unpaired) electrons. The van der Waals surface area contributed by atoms with Crippen molar-refractivity contribution in [2.75, 3.05) is 13.2 Å². The zero-order valence-corrected chi connectivity index (χ0v) is 9.28. The minimum atomic E-state index is -0.148. The number of nitrogens with zero attached hydrogens (tertiary/aromatic N) is 1. The topological polar surface area (TPSA) is 78.6 Å². The number of carbonyl (C=O) groups excluding carboxylic acids is 1. The van der Waals surface area contributed by atoms with Crippen molar-refractivity contribution in [2.24, 2.45) is 5.84 Å². The highest BCUT2D eigenvalue weighted by Crippen LogP contribution is 2.20. The molecule has 1 saturated heterocycles. The predicted molar refractivity (Wildman–Crippen MR) is 57.8 cm³/mol. The van der Waals surface area contributed by atoms with Gasteiger partial charge in [0.1, 0.15) is 0 Å². The van der Waals surface area contributed by atoms with Crippen molar-refractivity contribution in [3.8, 4) is 0 Å². The van der Waals surface area contributed by atoms with E-state index in [0.29, 0.717) is 6.42 Å². The Morgan fingerprint density at radius 1 is 1.67 bits per heavy atom. The number of carbonyl (C=O) groups is 1. The number of aliphatic hydroxyl groups is 1. The molecular formula is C10H21N3O2. The summed E-state index contributed by atoms with van der Waals surface area (Å²) < 4.78 is 0. The van der Waals surface area contributed by atoms with E-state index in [1.807, 2.05) is 6.92 Å². The molecule has 1 aliphatic heterocycles. The van der Waals surface area contributed by atoms with Crippen LogP contribution in [-0.2, 0) is 4.79 Å². The third-order valence-electron chi connectivity index (χ3n) is 3.09. The van der Waals surface area contributed by atoms with Crippen LogP contribution in [0.4, 0.5) is 0 Å². The van der Waals surface area contributed by atoms with Gasteiger partial charge in [0.2, 0.25) is 5.91 Å². The number of hydrazine groups is 1. The first-order valence-electron chi connectivity index (χ1n) is 5.55. The Hall–Kier alpha value is -0.650. The Labute approximate surface area is 90.6 Å². The van der Waals surface area contributed by atoms with Gasteiger partial charge in [-0.2, -0.15) is 0 Å². The Kier molecular flexibility index (Phi) is 5.01. The Morgan fingerprint density at radius 3 is 3.00 bits per heavy atom. The minimum Gasteiger partial charge on any atom is -0.395 e. The van der Waals surface area contributed by atoms with Gasteiger partial charge in [0, 0.05) is 18.5 Å². The summed E-state index contributed by atoms with van der Waals surface area (Å²) in [6.45, 7) is 3.14. The average molecular weight is 215 g/mol. The van der Waals surface area contributed by atoms with Gasteiger partial charge in [-0.1, -0.05) is 6.42 Å². The lowest BCUT2D eigenvalue weighted by Gasteiger charge is -2.38. The number of hydrogen-bond acceptors (Lipinski definition) is 4. The average Bonchev–Trinajstić information content (AvgIpc) is 2.28. The molecule has 0 aromatic rings. The molecule has 1 aliphatic rings. The van der Waals surface area contributed by atoms with Crippen LogP contribution < -0.4 is 11.3 Å². The fourth-order valence-corrected chi connectivity index (χ4v) is 2.24. The van der Waals surface area contributed by atoms with Crippen LogP contribution >= 0.6 is 0 Å². The van der Waals surface area contributed by atoms with Gasteiger partial charge in [-0.15, -0.1) is 0 Å². The van der Waals surface area contributed by atoms with Crippen LogP contribution in [-0.4, -0.2) is 41.1 Å². The fourth-order valence-electron chi connectivity index (χ4n) is 2.24. The van der Waals surface area contributed by atoms with E-state index in [1.165, 1.54) is 0 Å². The monoisotopic (exact) mass is 215 g/mol. The molecule has 1 amide bonds. The lowest BCUT2D eigenvalue weighted by Crippen LogP contribution is -2.48. The van der Waals surface area contributed by atoms with E-state index < -0.39 is 0 Å². The van der Waals surface area contributed by atoms with Gasteiger partial charge in [-0.25, -0.2) is 5.84 Å². The number of aliphatic hydroxyl groups excluding tert-OH is 1. The summed E-state index contributed by atoms with van der Waals surface area (Å²) in [5.41, 5.74) is 2.14.